The molecule has 140 valence electrons. The molecule has 0 aliphatic rings. The summed E-state index contributed by atoms with van der Waals surface area (Å²) in [5, 5.41) is 20.5. The van der Waals surface area contributed by atoms with Crippen LogP contribution in [0.25, 0.3) is 0 Å². The summed E-state index contributed by atoms with van der Waals surface area (Å²) in [5.41, 5.74) is 0.464. The number of benzene rings is 1. The molecule has 8 nitrogen and oxygen atoms in total. The van der Waals surface area contributed by atoms with Crippen molar-refractivity contribution < 1.29 is 24.1 Å². The van der Waals surface area contributed by atoms with Gasteiger partial charge in [-0.2, -0.15) is 0 Å². The van der Waals surface area contributed by atoms with E-state index in [1.54, 1.807) is 36.4 Å². The quantitative estimate of drug-likeness (QED) is 0.469. The van der Waals surface area contributed by atoms with E-state index < -0.39 is 6.10 Å². The average molecular weight is 382 g/mol. The van der Waals surface area contributed by atoms with Crippen LogP contribution in [0.2, 0.25) is 5.15 Å². The van der Waals surface area contributed by atoms with Crippen molar-refractivity contribution in [1.29, 1.82) is 0 Å². The Morgan fingerprint density at radius 3 is 2.62 bits per heavy atom. The Hall–Kier alpha value is -2.42. The van der Waals surface area contributed by atoms with Crippen molar-refractivity contribution in [3.63, 3.8) is 0 Å². The Morgan fingerprint density at radius 1 is 1.19 bits per heavy atom. The first-order chi connectivity index (χ1) is 12.6. The number of aliphatic hydroxyl groups excluding tert-OH is 1. The van der Waals surface area contributed by atoms with Gasteiger partial charge in [0.2, 0.25) is 5.88 Å². The van der Waals surface area contributed by atoms with Gasteiger partial charge in [-0.1, -0.05) is 11.6 Å². The zero-order valence-electron chi connectivity index (χ0n) is 14.2. The fourth-order valence-electron chi connectivity index (χ4n) is 1.94. The summed E-state index contributed by atoms with van der Waals surface area (Å²) in [5.74, 6) is 0.552. The monoisotopic (exact) mass is 381 g/mol. The summed E-state index contributed by atoms with van der Waals surface area (Å²) in [4.78, 5) is 11.3. The average Bonchev–Trinajstić information content (AvgIpc) is 2.67. The van der Waals surface area contributed by atoms with Crippen LogP contribution in [0, 0.1) is 0 Å². The summed E-state index contributed by atoms with van der Waals surface area (Å²) in [7, 11) is 1.33. The normalized spacial score (nSPS) is 11.7. The second-order valence-corrected chi connectivity index (χ2v) is 5.61. The Balaban J connectivity index is 1.58. The van der Waals surface area contributed by atoms with Crippen LogP contribution >= 0.6 is 11.6 Å². The van der Waals surface area contributed by atoms with Crippen molar-refractivity contribution in [2.45, 2.75) is 6.10 Å². The second kappa shape index (κ2) is 10.5. The number of rotatable bonds is 10. The van der Waals surface area contributed by atoms with E-state index in [0.29, 0.717) is 36.9 Å². The van der Waals surface area contributed by atoms with Gasteiger partial charge < -0.3 is 24.6 Å². The maximum absolute atomic E-state index is 11.3. The molecule has 9 heteroatoms. The number of aliphatic hydroxyl groups is 1. The number of halogens is 1. The van der Waals surface area contributed by atoms with Crippen molar-refractivity contribution in [2.24, 2.45) is 0 Å². The van der Waals surface area contributed by atoms with Crippen LogP contribution in [0.3, 0.4) is 0 Å². The highest BCUT2D eigenvalue weighted by Crippen LogP contribution is 2.12. The minimum atomic E-state index is -0.702. The van der Waals surface area contributed by atoms with Crippen LogP contribution in [0.1, 0.15) is 10.4 Å². The molecular weight excluding hydrogens is 362 g/mol. The predicted octanol–water partition coefficient (Wildman–Crippen LogP) is 1.32. The van der Waals surface area contributed by atoms with E-state index in [-0.39, 0.29) is 17.7 Å². The number of hydrogen-bond acceptors (Lipinski definition) is 8. The number of methoxy groups -OCH3 is 1. The molecule has 2 rings (SSSR count). The lowest BCUT2D eigenvalue weighted by Gasteiger charge is -2.13. The molecule has 0 spiro atoms. The maximum Gasteiger partial charge on any atom is 0.337 e. The molecule has 0 aliphatic heterocycles. The summed E-state index contributed by atoms with van der Waals surface area (Å²) in [6, 6.07) is 9.80. The molecule has 1 unspecified atom stereocenters. The van der Waals surface area contributed by atoms with Crippen LogP contribution in [0.4, 0.5) is 0 Å². The van der Waals surface area contributed by atoms with Crippen LogP contribution in [0.15, 0.2) is 36.4 Å². The number of hydrogen-bond donors (Lipinski definition) is 2. The molecule has 26 heavy (non-hydrogen) atoms. The Labute approximate surface area is 156 Å². The largest absolute Gasteiger partial charge is 0.492 e. The molecule has 0 radical (unpaired) electrons. The van der Waals surface area contributed by atoms with Crippen LogP contribution in [0.5, 0.6) is 11.6 Å². The number of carbonyl (C=O) groups is 1. The lowest BCUT2D eigenvalue weighted by atomic mass is 10.2. The molecule has 1 heterocycles. The van der Waals surface area contributed by atoms with Gasteiger partial charge in [0, 0.05) is 19.2 Å². The van der Waals surface area contributed by atoms with Crippen molar-refractivity contribution in [2.75, 3.05) is 33.4 Å². The van der Waals surface area contributed by atoms with Gasteiger partial charge in [-0.25, -0.2) is 4.79 Å². The van der Waals surface area contributed by atoms with Gasteiger partial charge in [-0.05, 0) is 30.3 Å². The van der Waals surface area contributed by atoms with Crippen LogP contribution in [-0.4, -0.2) is 60.8 Å². The maximum atomic E-state index is 11.3. The highest BCUT2D eigenvalue weighted by molar-refractivity contribution is 6.29. The minimum absolute atomic E-state index is 0.0825. The third-order valence-corrected chi connectivity index (χ3v) is 3.44. The second-order valence-electron chi connectivity index (χ2n) is 5.23. The molecule has 0 saturated heterocycles. The predicted molar refractivity (Wildman–Crippen MR) is 94.7 cm³/mol. The molecule has 1 aromatic carbocycles. The van der Waals surface area contributed by atoms with E-state index in [1.165, 1.54) is 7.11 Å². The first-order valence-corrected chi connectivity index (χ1v) is 8.28. The molecule has 0 amide bonds. The molecule has 0 saturated carbocycles. The van der Waals surface area contributed by atoms with E-state index >= 15 is 0 Å². The van der Waals surface area contributed by atoms with Crippen LogP contribution < -0.4 is 14.8 Å². The van der Waals surface area contributed by atoms with Gasteiger partial charge in [-0.15, -0.1) is 10.2 Å². The zero-order chi connectivity index (χ0) is 18.8. The van der Waals surface area contributed by atoms with Gasteiger partial charge in [0.15, 0.2) is 5.15 Å². The van der Waals surface area contributed by atoms with Crippen molar-refractivity contribution in [3.8, 4) is 11.6 Å². The highest BCUT2D eigenvalue weighted by Gasteiger charge is 2.07. The lowest BCUT2D eigenvalue weighted by Crippen LogP contribution is -2.33. The van der Waals surface area contributed by atoms with Crippen molar-refractivity contribution >= 4 is 17.6 Å². The first kappa shape index (κ1) is 19.9. The number of ether oxygens (including phenoxy) is 3. The smallest absolute Gasteiger partial charge is 0.337 e. The number of nitrogens with zero attached hydrogens (tertiary/aromatic N) is 2. The van der Waals surface area contributed by atoms with Gasteiger partial charge in [0.25, 0.3) is 0 Å². The third-order valence-electron chi connectivity index (χ3n) is 3.23. The number of aromatic nitrogens is 2. The van der Waals surface area contributed by atoms with Gasteiger partial charge >= 0.3 is 5.97 Å². The number of carbonyl (C=O) groups excluding carboxylic acids is 1. The topological polar surface area (TPSA) is 103 Å². The summed E-state index contributed by atoms with van der Waals surface area (Å²) < 4.78 is 15.5. The summed E-state index contributed by atoms with van der Waals surface area (Å²) in [6.45, 7) is 1.37. The summed E-state index contributed by atoms with van der Waals surface area (Å²) >= 11 is 5.62. The molecule has 2 N–H and O–H groups in total. The summed E-state index contributed by atoms with van der Waals surface area (Å²) in [6.07, 6.45) is -0.702. The van der Waals surface area contributed by atoms with Gasteiger partial charge in [0.05, 0.1) is 12.7 Å². The highest BCUT2D eigenvalue weighted by atomic mass is 35.5. The molecular formula is C17H20ClN3O5. The molecule has 0 bridgehead atoms. The number of nitrogens with one attached hydrogen (secondary N) is 1. The Bertz CT molecular complexity index is 682. The van der Waals surface area contributed by atoms with E-state index in [1.807, 2.05) is 0 Å². The fraction of sp³-hybridized carbons (Fsp3) is 0.353. The zero-order valence-corrected chi connectivity index (χ0v) is 15.0. The molecule has 0 fully saturated rings. The molecule has 1 atom stereocenters. The van der Waals surface area contributed by atoms with Crippen molar-refractivity contribution in [3.05, 3.63) is 47.1 Å². The molecule has 2 aromatic rings. The fourth-order valence-corrected chi connectivity index (χ4v) is 2.04. The van der Waals surface area contributed by atoms with E-state index in [9.17, 15) is 9.90 Å². The van der Waals surface area contributed by atoms with E-state index in [2.05, 4.69) is 20.3 Å². The molecule has 0 aliphatic carbocycles. The Kier molecular flexibility index (Phi) is 8.07. The third kappa shape index (κ3) is 6.83. The van der Waals surface area contributed by atoms with Crippen molar-refractivity contribution in [1.82, 2.24) is 15.5 Å². The lowest BCUT2D eigenvalue weighted by molar-refractivity contribution is 0.0600. The number of esters is 1. The minimum Gasteiger partial charge on any atom is -0.492 e. The van der Waals surface area contributed by atoms with Crippen LogP contribution in [-0.2, 0) is 4.74 Å². The van der Waals surface area contributed by atoms with E-state index in [0.717, 1.165) is 0 Å². The van der Waals surface area contributed by atoms with Gasteiger partial charge in [-0.3, -0.25) is 0 Å². The Morgan fingerprint density at radius 2 is 1.96 bits per heavy atom. The van der Waals surface area contributed by atoms with Gasteiger partial charge in [0.1, 0.15) is 25.1 Å². The first-order valence-electron chi connectivity index (χ1n) is 7.90. The SMILES string of the molecule is COC(=O)c1ccc(OCCNCC(O)COc2ccc(Cl)nn2)cc1. The standard InChI is InChI=1S/C17H20ClN3O5/c1-24-17(23)12-2-4-14(5-3-12)25-9-8-19-10-13(22)11-26-16-7-6-15(18)20-21-16/h2-7,13,19,22H,8-11H2,1H3. The molecule has 1 aromatic heterocycles. The van der Waals surface area contributed by atoms with E-state index in [4.69, 9.17) is 21.1 Å².